The quantitative estimate of drug-likeness (QED) is 0.0683. The van der Waals surface area contributed by atoms with Gasteiger partial charge in [-0.2, -0.15) is 0 Å². The molecule has 9 heteroatoms. The smallest absolute Gasteiger partial charge is 0.647 e. The van der Waals surface area contributed by atoms with Crippen LogP contribution in [0.25, 0.3) is 21.3 Å². The van der Waals surface area contributed by atoms with Crippen molar-refractivity contribution in [2.45, 2.75) is 410 Å². The zero-order valence-electron chi connectivity index (χ0n) is 88.3. The van der Waals surface area contributed by atoms with E-state index in [0.29, 0.717) is 0 Å². The third-order valence-corrected chi connectivity index (χ3v) is 50.1. The Hall–Kier alpha value is -6.90. The van der Waals surface area contributed by atoms with Gasteiger partial charge in [-0.15, -0.1) is 20.6 Å². The Kier molecular flexibility index (Phi) is 41.6. The van der Waals surface area contributed by atoms with E-state index in [0.717, 1.165) is 0 Å². The monoisotopic (exact) mass is 1930 g/mol. The summed E-state index contributed by atoms with van der Waals surface area (Å²) in [6.07, 6.45) is 63.1. The number of allylic oxidation sites excluding steroid dienone is 8. The Morgan fingerprint density at radius 1 is 0.168 bits per heavy atom. The third kappa shape index (κ3) is 28.0. The fourth-order valence-electron chi connectivity index (χ4n) is 26.0. The van der Waals surface area contributed by atoms with Gasteiger partial charge in [0.05, 0.1) is 35.2 Å². The number of hydrogen-bond acceptors (Lipinski definition) is 0. The van der Waals surface area contributed by atoms with Gasteiger partial charge in [0.15, 0.2) is 0 Å². The molecule has 8 aliphatic rings. The molecule has 0 saturated heterocycles. The maximum atomic E-state index is 6.07. The molecule has 0 aliphatic heterocycles. The van der Waals surface area contributed by atoms with Crippen LogP contribution in [0.5, 0.6) is 0 Å². The van der Waals surface area contributed by atoms with E-state index >= 15 is 0 Å². The van der Waals surface area contributed by atoms with Crippen LogP contribution in [-0.2, 0) is 21.7 Å². The van der Waals surface area contributed by atoms with Crippen molar-refractivity contribution in [3.05, 3.63) is 355 Å². The number of hydrogen-bond donors (Lipinski definition) is 0. The van der Waals surface area contributed by atoms with Crippen molar-refractivity contribution in [1.82, 2.24) is 0 Å². The van der Waals surface area contributed by atoms with Crippen LogP contribution in [0.15, 0.2) is 334 Å². The normalized spacial score (nSPS) is 23.9. The van der Waals surface area contributed by atoms with Crippen LogP contribution < -0.4 is 41.5 Å². The minimum atomic E-state index is -1.65. The average Bonchev–Trinajstić information content (AvgIpc) is 1.71. The Morgan fingerprint density at radius 3 is 0.380 bits per heavy atom. The van der Waals surface area contributed by atoms with Crippen LogP contribution in [0, 0.1) is 0 Å². The van der Waals surface area contributed by atoms with Gasteiger partial charge in [0.1, 0.15) is 0 Å². The fraction of sp³-hybridized carbons (Fsp3) is 0.500. The molecule has 8 aliphatic carbocycles. The van der Waals surface area contributed by atoms with Crippen LogP contribution in [0.3, 0.4) is 0 Å². The summed E-state index contributed by atoms with van der Waals surface area (Å²) in [5, 5.41) is 36.7. The third-order valence-electron chi connectivity index (χ3n) is 34.6. The van der Waals surface area contributed by atoms with Gasteiger partial charge >= 0.3 is 21.7 Å². The Bertz CT molecular complexity index is 4420. The van der Waals surface area contributed by atoms with E-state index in [2.05, 4.69) is 378 Å². The molecular formula is C128H176N4Si4Ti. The summed E-state index contributed by atoms with van der Waals surface area (Å²) < 4.78 is 0. The number of rotatable bonds is 20. The van der Waals surface area contributed by atoms with Gasteiger partial charge in [-0.1, -0.05) is 682 Å². The Morgan fingerprint density at radius 2 is 0.277 bits per heavy atom. The largest absolute Gasteiger partial charge is 4.00 e. The van der Waals surface area contributed by atoms with E-state index in [1.54, 1.807) is 41.5 Å². The molecule has 137 heavy (non-hydrogen) atoms. The molecule has 0 spiro atoms. The van der Waals surface area contributed by atoms with E-state index < -0.39 is 35.2 Å². The van der Waals surface area contributed by atoms with Crippen LogP contribution in [0.4, 0.5) is 0 Å². The van der Waals surface area contributed by atoms with Gasteiger partial charge in [-0.3, -0.25) is 0 Å². The van der Waals surface area contributed by atoms with Crippen molar-refractivity contribution in [3.63, 3.8) is 0 Å². The molecule has 0 bridgehead atoms. The standard InChI is InChI=1S/4C32H44NSi.Ti/c4*1-26-25-31(4,28(3)27(26)2)33-32(23-17-9-7-5-6-8-10-18-24-32)34(29-19-13-11-14-20-29)30-21-15-12-16-22-30;/h4*11-16,19-22,25,34H,5-10,17-18,23-24H2,1-4H3;/q4*-1;+4. The molecule has 0 heterocycles. The molecule has 0 aromatic heterocycles. The van der Waals surface area contributed by atoms with Crippen molar-refractivity contribution in [2.24, 2.45) is 0 Å². The van der Waals surface area contributed by atoms with Crippen LogP contribution in [0.2, 0.25) is 0 Å². The Labute approximate surface area is 857 Å². The average molecular weight is 1930 g/mol. The molecule has 8 aromatic rings. The summed E-state index contributed by atoms with van der Waals surface area (Å²) in [4.78, 5) is 0. The zero-order chi connectivity index (χ0) is 96.1. The van der Waals surface area contributed by atoms with Gasteiger partial charge < -0.3 is 21.3 Å². The first kappa shape index (κ1) is 109. The molecular weight excluding hydrogens is 1750 g/mol. The molecule has 4 fully saturated rings. The predicted molar refractivity (Wildman–Crippen MR) is 608 cm³/mol. The van der Waals surface area contributed by atoms with Crippen molar-refractivity contribution < 1.29 is 21.7 Å². The van der Waals surface area contributed by atoms with E-state index in [1.807, 2.05) is 0 Å². The summed E-state index contributed by atoms with van der Waals surface area (Å²) in [6, 6.07) is 91.7. The van der Waals surface area contributed by atoms with E-state index in [1.165, 1.54) is 324 Å². The molecule has 728 valence electrons. The van der Waals surface area contributed by atoms with Gasteiger partial charge in [0.2, 0.25) is 0 Å². The van der Waals surface area contributed by atoms with E-state index in [9.17, 15) is 0 Å². The van der Waals surface area contributed by atoms with Crippen molar-refractivity contribution >= 4 is 76.7 Å². The molecule has 4 nitrogen and oxygen atoms in total. The Balaban J connectivity index is 0.000000164. The summed E-state index contributed by atoms with van der Waals surface area (Å²) >= 11 is 0. The predicted octanol–water partition coefficient (Wildman–Crippen LogP) is 30.6. The molecule has 0 amide bonds. The second-order valence-electron chi connectivity index (χ2n) is 44.1. The van der Waals surface area contributed by atoms with Gasteiger partial charge in [0, 0.05) is 0 Å². The number of benzene rings is 8. The van der Waals surface area contributed by atoms with Crippen molar-refractivity contribution in [3.8, 4) is 0 Å². The first-order chi connectivity index (χ1) is 65.8. The van der Waals surface area contributed by atoms with Gasteiger partial charge in [-0.25, -0.2) is 0 Å². The zero-order valence-corrected chi connectivity index (χ0v) is 94.5. The first-order valence-electron chi connectivity index (χ1n) is 54.7. The number of nitrogens with zero attached hydrogens (tertiary/aromatic N) is 4. The molecule has 4 unspecified atom stereocenters. The van der Waals surface area contributed by atoms with E-state index in [4.69, 9.17) is 21.3 Å². The second-order valence-corrected chi connectivity index (χ2v) is 57.2. The van der Waals surface area contributed by atoms with Crippen molar-refractivity contribution in [1.29, 1.82) is 0 Å². The molecule has 16 rings (SSSR count). The van der Waals surface area contributed by atoms with Crippen molar-refractivity contribution in [2.75, 3.05) is 0 Å². The summed E-state index contributed by atoms with van der Waals surface area (Å²) in [7, 11) is -6.61. The minimum Gasteiger partial charge on any atom is -0.647 e. The summed E-state index contributed by atoms with van der Waals surface area (Å²) in [6.45, 7) is 37.1. The maximum Gasteiger partial charge on any atom is 4.00 e. The molecule has 8 aromatic carbocycles. The molecule has 0 radical (unpaired) electrons. The minimum absolute atomic E-state index is 0. The van der Waals surface area contributed by atoms with E-state index in [-0.39, 0.29) is 64.5 Å². The first-order valence-corrected chi connectivity index (χ1v) is 61.6. The second kappa shape index (κ2) is 52.4. The van der Waals surface area contributed by atoms with Gasteiger partial charge in [-0.05, 0) is 83.1 Å². The summed E-state index contributed by atoms with van der Waals surface area (Å²) in [5.41, 5.74) is 16.4. The SMILES string of the molecule is CC1=CC(C)([N-]C2([SiH](c3ccccc3)c3ccccc3)CCCCCCCCCC2)C(C)=C1C.CC1=CC(C)([N-]C2([SiH](c3ccccc3)c3ccccc3)CCCCCCCCCC2)C(C)=C1C.CC1=CC(C)([N-]C2([SiH](c3ccccc3)c3ccccc3)CCCCCCCCCC2)C(C)=C1C.CC1=CC(C)([N-]C2([SiH](c3ccccc3)c3ccccc3)CCCCCCCCCC2)C(C)=C1C.[Ti+4]. The molecule has 0 N–H and O–H groups in total. The molecule has 4 saturated carbocycles. The van der Waals surface area contributed by atoms with Crippen LogP contribution in [0.1, 0.15) is 368 Å². The maximum absolute atomic E-state index is 6.07. The molecule has 4 atom stereocenters. The van der Waals surface area contributed by atoms with Gasteiger partial charge in [0.25, 0.3) is 0 Å². The summed E-state index contributed by atoms with van der Waals surface area (Å²) in [5.74, 6) is 0. The fourth-order valence-corrected chi connectivity index (χ4v) is 42.9. The topological polar surface area (TPSA) is 56.4 Å². The van der Waals surface area contributed by atoms with Crippen LogP contribution >= 0.6 is 0 Å². The van der Waals surface area contributed by atoms with Crippen LogP contribution in [-0.4, -0.2) is 78.0 Å².